The molecule has 5 rings (SSSR count). The Morgan fingerprint density at radius 3 is 2.97 bits per heavy atom. The lowest BCUT2D eigenvalue weighted by molar-refractivity contribution is -0.113. The van der Waals surface area contributed by atoms with Crippen LogP contribution in [0.2, 0.25) is 0 Å². The van der Waals surface area contributed by atoms with Gasteiger partial charge in [-0.25, -0.2) is 9.97 Å². The van der Waals surface area contributed by atoms with Crippen LogP contribution in [0, 0.1) is 13.8 Å². The van der Waals surface area contributed by atoms with Crippen molar-refractivity contribution in [1.82, 2.24) is 14.5 Å². The van der Waals surface area contributed by atoms with Crippen LogP contribution in [0.15, 0.2) is 46.5 Å². The third-order valence-electron chi connectivity index (χ3n) is 5.85. The van der Waals surface area contributed by atoms with Crippen LogP contribution in [0.25, 0.3) is 20.4 Å². The summed E-state index contributed by atoms with van der Waals surface area (Å²) in [5, 5.41) is 4.33. The van der Waals surface area contributed by atoms with Crippen molar-refractivity contribution in [3.8, 4) is 0 Å². The predicted molar refractivity (Wildman–Crippen MR) is 133 cm³/mol. The van der Waals surface area contributed by atoms with E-state index < -0.39 is 0 Å². The fraction of sp³-hybridized carbons (Fsp3) is 0.333. The van der Waals surface area contributed by atoms with Gasteiger partial charge in [0.05, 0.1) is 23.9 Å². The molecule has 4 heterocycles. The van der Waals surface area contributed by atoms with E-state index in [1.165, 1.54) is 28.7 Å². The van der Waals surface area contributed by atoms with Gasteiger partial charge in [-0.15, -0.1) is 11.3 Å². The second-order valence-electron chi connectivity index (χ2n) is 8.22. The van der Waals surface area contributed by atoms with E-state index in [1.54, 1.807) is 10.8 Å². The van der Waals surface area contributed by atoms with E-state index in [2.05, 4.69) is 10.3 Å². The highest BCUT2D eigenvalue weighted by Crippen LogP contribution is 2.31. The highest BCUT2D eigenvalue weighted by molar-refractivity contribution is 7.99. The summed E-state index contributed by atoms with van der Waals surface area (Å²) in [7, 11) is 0. The summed E-state index contributed by atoms with van der Waals surface area (Å²) in [6.45, 7) is 5.20. The number of aryl methyl sites for hydroxylation is 2. The Morgan fingerprint density at radius 1 is 1.30 bits per heavy atom. The second-order valence-corrected chi connectivity index (χ2v) is 10.2. The zero-order chi connectivity index (χ0) is 22.9. The van der Waals surface area contributed by atoms with Gasteiger partial charge >= 0.3 is 0 Å². The second kappa shape index (κ2) is 9.24. The topological polar surface area (TPSA) is 86.1 Å². The molecule has 0 unspecified atom stereocenters. The van der Waals surface area contributed by atoms with Gasteiger partial charge in [0.25, 0.3) is 5.56 Å². The molecule has 170 valence electrons. The number of nitrogens with zero attached hydrogens (tertiary/aromatic N) is 3. The van der Waals surface area contributed by atoms with E-state index in [4.69, 9.17) is 9.72 Å². The number of rotatable bonds is 6. The number of anilines is 1. The number of pyridine rings is 1. The number of carbonyl (C=O) groups is 1. The summed E-state index contributed by atoms with van der Waals surface area (Å²) in [5.74, 6) is 0.00888. The van der Waals surface area contributed by atoms with Crippen molar-refractivity contribution in [2.45, 2.75) is 44.5 Å². The third-order valence-corrected chi connectivity index (χ3v) is 7.92. The highest BCUT2D eigenvalue weighted by Gasteiger charge is 2.22. The molecule has 0 aliphatic carbocycles. The first-order chi connectivity index (χ1) is 16.0. The minimum Gasteiger partial charge on any atom is -0.376 e. The van der Waals surface area contributed by atoms with E-state index in [0.717, 1.165) is 34.3 Å². The standard InChI is InChI=1S/C24H24N4O3S2/c1-14-7-8-16(11-15(14)2)26-19(29)13-32-24-27-20-18-6-3-9-25-22(18)33-21(20)23(30)28(24)12-17-5-4-10-31-17/h3,6-9,11,17H,4-5,10,12-13H2,1-2H3,(H,26,29)/t17-/m1/s1. The van der Waals surface area contributed by atoms with Gasteiger partial charge < -0.3 is 10.1 Å². The van der Waals surface area contributed by atoms with Crippen LogP contribution >= 0.6 is 23.1 Å². The lowest BCUT2D eigenvalue weighted by atomic mass is 10.1. The lowest BCUT2D eigenvalue weighted by Gasteiger charge is -2.15. The number of nitrogens with one attached hydrogen (secondary N) is 1. The summed E-state index contributed by atoms with van der Waals surface area (Å²) in [5.41, 5.74) is 3.61. The Bertz CT molecular complexity index is 1410. The molecule has 1 N–H and O–H groups in total. The van der Waals surface area contributed by atoms with Crippen molar-refractivity contribution in [2.75, 3.05) is 17.7 Å². The fourth-order valence-corrected chi connectivity index (χ4v) is 5.78. The summed E-state index contributed by atoms with van der Waals surface area (Å²) < 4.78 is 8.04. The number of thioether (sulfide) groups is 1. The predicted octanol–water partition coefficient (Wildman–Crippen LogP) is 4.53. The van der Waals surface area contributed by atoms with E-state index in [0.29, 0.717) is 28.5 Å². The molecule has 1 aliphatic heterocycles. The van der Waals surface area contributed by atoms with Crippen LogP contribution in [0.4, 0.5) is 5.69 Å². The number of benzene rings is 1. The molecular formula is C24H24N4O3S2. The molecule has 0 spiro atoms. The maximum absolute atomic E-state index is 13.4. The molecule has 33 heavy (non-hydrogen) atoms. The Labute approximate surface area is 199 Å². The lowest BCUT2D eigenvalue weighted by Crippen LogP contribution is -2.28. The van der Waals surface area contributed by atoms with E-state index in [9.17, 15) is 9.59 Å². The largest absolute Gasteiger partial charge is 0.376 e. The average Bonchev–Trinajstić information content (AvgIpc) is 3.45. The molecule has 0 saturated carbocycles. The molecule has 1 aliphatic rings. The molecule has 1 fully saturated rings. The van der Waals surface area contributed by atoms with Gasteiger partial charge in [-0.05, 0) is 62.1 Å². The molecule has 3 aromatic heterocycles. The van der Waals surface area contributed by atoms with Crippen molar-refractivity contribution in [1.29, 1.82) is 0 Å². The van der Waals surface area contributed by atoms with Crippen LogP contribution in [-0.4, -0.2) is 38.9 Å². The van der Waals surface area contributed by atoms with Gasteiger partial charge in [-0.3, -0.25) is 14.2 Å². The first-order valence-corrected chi connectivity index (χ1v) is 12.7. The van der Waals surface area contributed by atoms with Crippen LogP contribution in [0.3, 0.4) is 0 Å². The number of thiophene rings is 1. The fourth-order valence-electron chi connectivity index (χ4n) is 3.95. The molecule has 7 nitrogen and oxygen atoms in total. The van der Waals surface area contributed by atoms with E-state index in [1.807, 2.05) is 44.2 Å². The summed E-state index contributed by atoms with van der Waals surface area (Å²) in [6, 6.07) is 9.62. The SMILES string of the molecule is Cc1ccc(NC(=O)CSc2nc3c(sc4ncccc43)c(=O)n2C[C@H]2CCCO2)cc1C. The monoisotopic (exact) mass is 480 g/mol. The molecule has 1 aromatic carbocycles. The van der Waals surface area contributed by atoms with E-state index >= 15 is 0 Å². The van der Waals surface area contributed by atoms with Crippen molar-refractivity contribution in [3.63, 3.8) is 0 Å². The Morgan fingerprint density at radius 2 is 2.18 bits per heavy atom. The maximum Gasteiger partial charge on any atom is 0.272 e. The third kappa shape index (κ3) is 4.53. The summed E-state index contributed by atoms with van der Waals surface area (Å²) in [4.78, 5) is 36.1. The molecule has 0 bridgehead atoms. The number of hydrogen-bond donors (Lipinski definition) is 1. The molecule has 9 heteroatoms. The first kappa shape index (κ1) is 22.1. The number of fused-ring (bicyclic) bond motifs is 3. The molecule has 1 saturated heterocycles. The number of amides is 1. The Balaban J connectivity index is 1.45. The van der Waals surface area contributed by atoms with Crippen LogP contribution in [0.5, 0.6) is 0 Å². The van der Waals surface area contributed by atoms with Crippen molar-refractivity contribution >= 4 is 55.1 Å². The Kier molecular flexibility index (Phi) is 6.18. The molecular weight excluding hydrogens is 456 g/mol. The van der Waals surface area contributed by atoms with Gasteiger partial charge in [0.2, 0.25) is 5.91 Å². The van der Waals surface area contributed by atoms with Crippen molar-refractivity contribution in [2.24, 2.45) is 0 Å². The molecule has 1 atom stereocenters. The van der Waals surface area contributed by atoms with Gasteiger partial charge in [-0.1, -0.05) is 17.8 Å². The van der Waals surface area contributed by atoms with Gasteiger partial charge in [-0.2, -0.15) is 0 Å². The highest BCUT2D eigenvalue weighted by atomic mass is 32.2. The smallest absolute Gasteiger partial charge is 0.272 e. The first-order valence-electron chi connectivity index (χ1n) is 10.9. The van der Waals surface area contributed by atoms with Gasteiger partial charge in [0.1, 0.15) is 9.53 Å². The molecule has 0 radical (unpaired) electrons. The molecule has 4 aromatic rings. The van der Waals surface area contributed by atoms with Crippen molar-refractivity contribution < 1.29 is 9.53 Å². The zero-order valence-electron chi connectivity index (χ0n) is 18.5. The average molecular weight is 481 g/mol. The van der Waals surface area contributed by atoms with Gasteiger partial charge in [0, 0.05) is 23.9 Å². The Hall–Kier alpha value is -2.75. The number of hydrogen-bond acceptors (Lipinski definition) is 7. The minimum atomic E-state index is -0.141. The zero-order valence-corrected chi connectivity index (χ0v) is 20.1. The normalized spacial score (nSPS) is 16.0. The quantitative estimate of drug-likeness (QED) is 0.322. The van der Waals surface area contributed by atoms with E-state index in [-0.39, 0.29) is 23.3 Å². The van der Waals surface area contributed by atoms with Crippen LogP contribution in [-0.2, 0) is 16.1 Å². The van der Waals surface area contributed by atoms with Gasteiger partial charge in [0.15, 0.2) is 5.16 Å². The van der Waals surface area contributed by atoms with Crippen molar-refractivity contribution in [3.05, 3.63) is 58.0 Å². The maximum atomic E-state index is 13.4. The van der Waals surface area contributed by atoms with Crippen LogP contribution in [0.1, 0.15) is 24.0 Å². The number of aromatic nitrogens is 3. The summed E-state index contributed by atoms with van der Waals surface area (Å²) >= 11 is 2.64. The number of ether oxygens (including phenoxy) is 1. The number of carbonyl (C=O) groups excluding carboxylic acids is 1. The van der Waals surface area contributed by atoms with Crippen LogP contribution < -0.4 is 10.9 Å². The summed E-state index contributed by atoms with van der Waals surface area (Å²) in [6.07, 6.45) is 3.60. The molecule has 1 amide bonds. The minimum absolute atomic E-state index is 0.0156.